The Balaban J connectivity index is 1.79. The molecule has 0 aliphatic carbocycles. The van der Waals surface area contributed by atoms with Gasteiger partial charge in [0, 0.05) is 25.0 Å². The van der Waals surface area contributed by atoms with Gasteiger partial charge >= 0.3 is 6.18 Å². The molecule has 0 spiro atoms. The van der Waals surface area contributed by atoms with Crippen LogP contribution in [0.4, 0.5) is 18.9 Å². The van der Waals surface area contributed by atoms with Crippen molar-refractivity contribution in [3.63, 3.8) is 0 Å². The van der Waals surface area contributed by atoms with E-state index in [9.17, 15) is 18.4 Å². The Kier molecular flexibility index (Phi) is 4.18. The van der Waals surface area contributed by atoms with Crippen LogP contribution in [0.1, 0.15) is 24.1 Å². The molecule has 0 atom stereocenters. The van der Waals surface area contributed by atoms with Crippen molar-refractivity contribution in [3.8, 4) is 6.07 Å². The predicted octanol–water partition coefficient (Wildman–Crippen LogP) is 4.16. The Morgan fingerprint density at radius 3 is 2.33 bits per heavy atom. The summed E-state index contributed by atoms with van der Waals surface area (Å²) in [7, 11) is 0. The normalized spacial score (nSPS) is 17.3. The van der Waals surface area contributed by atoms with Crippen LogP contribution in [-0.4, -0.2) is 18.1 Å². The summed E-state index contributed by atoms with van der Waals surface area (Å²) >= 11 is 0. The minimum absolute atomic E-state index is 0.497. The topological polar surface area (TPSA) is 39.9 Å². The zero-order chi connectivity index (χ0) is 17.2. The largest absolute Gasteiger partial charge is 0.433 e. The van der Waals surface area contributed by atoms with E-state index in [-0.39, 0.29) is 0 Å². The molecule has 1 fully saturated rings. The van der Waals surface area contributed by atoms with Gasteiger partial charge in [0.05, 0.1) is 11.5 Å². The van der Waals surface area contributed by atoms with Gasteiger partial charge in [0.2, 0.25) is 0 Å². The first-order valence-corrected chi connectivity index (χ1v) is 7.70. The van der Waals surface area contributed by atoms with Crippen molar-refractivity contribution in [2.24, 2.45) is 0 Å². The van der Waals surface area contributed by atoms with Crippen molar-refractivity contribution in [3.05, 3.63) is 59.9 Å². The molecule has 0 unspecified atom stereocenters. The molecular weight excluding hydrogens is 315 g/mol. The Morgan fingerprint density at radius 1 is 1.08 bits per heavy atom. The van der Waals surface area contributed by atoms with E-state index in [1.807, 2.05) is 35.2 Å². The maximum atomic E-state index is 12.8. The minimum atomic E-state index is -4.45. The second-order valence-corrected chi connectivity index (χ2v) is 5.94. The first-order valence-electron chi connectivity index (χ1n) is 7.70. The molecule has 2 aromatic rings. The van der Waals surface area contributed by atoms with Gasteiger partial charge in [0.25, 0.3) is 0 Å². The monoisotopic (exact) mass is 331 g/mol. The number of pyridine rings is 1. The number of aromatic nitrogens is 1. The Labute approximate surface area is 138 Å². The molecule has 2 heterocycles. The summed E-state index contributed by atoms with van der Waals surface area (Å²) in [5.41, 5.74) is 0.00689. The molecule has 1 aromatic carbocycles. The fraction of sp³-hybridized carbons (Fsp3) is 0.333. The zero-order valence-electron chi connectivity index (χ0n) is 12.9. The molecule has 1 saturated heterocycles. The van der Waals surface area contributed by atoms with Crippen LogP contribution in [0.15, 0.2) is 48.7 Å². The van der Waals surface area contributed by atoms with E-state index in [4.69, 9.17) is 0 Å². The maximum Gasteiger partial charge on any atom is 0.433 e. The number of nitriles is 1. The van der Waals surface area contributed by atoms with Crippen LogP contribution in [0.25, 0.3) is 0 Å². The molecule has 1 aromatic heterocycles. The number of anilines is 1. The Bertz CT molecular complexity index is 742. The molecule has 0 saturated carbocycles. The van der Waals surface area contributed by atoms with Crippen LogP contribution in [0, 0.1) is 11.3 Å². The highest BCUT2D eigenvalue weighted by atomic mass is 19.4. The van der Waals surface area contributed by atoms with E-state index in [1.54, 1.807) is 6.07 Å². The van der Waals surface area contributed by atoms with Gasteiger partial charge in [-0.25, -0.2) is 0 Å². The number of hydrogen-bond acceptors (Lipinski definition) is 3. The fourth-order valence-corrected chi connectivity index (χ4v) is 3.14. The molecule has 24 heavy (non-hydrogen) atoms. The lowest BCUT2D eigenvalue weighted by Gasteiger charge is -2.38. The number of nitrogens with zero attached hydrogens (tertiary/aromatic N) is 3. The van der Waals surface area contributed by atoms with Crippen LogP contribution in [0.2, 0.25) is 0 Å². The number of rotatable bonds is 2. The molecule has 1 aliphatic heterocycles. The summed E-state index contributed by atoms with van der Waals surface area (Å²) in [4.78, 5) is 5.28. The van der Waals surface area contributed by atoms with E-state index < -0.39 is 17.3 Å². The first-order chi connectivity index (χ1) is 11.4. The molecular formula is C18H16F3N3. The van der Waals surface area contributed by atoms with Gasteiger partial charge < -0.3 is 4.90 Å². The van der Waals surface area contributed by atoms with Gasteiger partial charge in [0.1, 0.15) is 5.69 Å². The predicted molar refractivity (Wildman–Crippen MR) is 84.4 cm³/mol. The van der Waals surface area contributed by atoms with Crippen molar-refractivity contribution in [1.29, 1.82) is 5.26 Å². The van der Waals surface area contributed by atoms with Crippen LogP contribution in [0.3, 0.4) is 0 Å². The molecule has 0 radical (unpaired) electrons. The van der Waals surface area contributed by atoms with Crippen molar-refractivity contribution >= 4 is 5.69 Å². The van der Waals surface area contributed by atoms with E-state index >= 15 is 0 Å². The molecule has 124 valence electrons. The summed E-state index contributed by atoms with van der Waals surface area (Å²) in [6.45, 7) is 1.06. The average Bonchev–Trinajstić information content (AvgIpc) is 2.62. The maximum absolute atomic E-state index is 12.8. The molecule has 1 aliphatic rings. The third kappa shape index (κ3) is 3.07. The Hall–Kier alpha value is -2.55. The SMILES string of the molecule is N#CC1(c2ccccc2)CCN(c2ccnc(C(F)(F)F)c2)CC1. The summed E-state index contributed by atoms with van der Waals surface area (Å²) in [5.74, 6) is 0. The number of alkyl halides is 3. The number of halogens is 3. The van der Waals surface area contributed by atoms with Crippen molar-refractivity contribution in [2.75, 3.05) is 18.0 Å². The van der Waals surface area contributed by atoms with Gasteiger partial charge in [0.15, 0.2) is 0 Å². The van der Waals surface area contributed by atoms with Crippen LogP contribution < -0.4 is 4.90 Å². The lowest BCUT2D eigenvalue weighted by Crippen LogP contribution is -2.42. The first kappa shape index (κ1) is 16.3. The lowest BCUT2D eigenvalue weighted by molar-refractivity contribution is -0.141. The van der Waals surface area contributed by atoms with Crippen LogP contribution >= 0.6 is 0 Å². The highest BCUT2D eigenvalue weighted by Crippen LogP contribution is 2.37. The molecule has 0 bridgehead atoms. The van der Waals surface area contributed by atoms with Gasteiger partial charge in [-0.3, -0.25) is 4.98 Å². The number of piperidine rings is 1. The highest BCUT2D eigenvalue weighted by Gasteiger charge is 2.37. The summed E-state index contributed by atoms with van der Waals surface area (Å²) in [6, 6.07) is 14.7. The van der Waals surface area contributed by atoms with E-state index in [1.165, 1.54) is 6.20 Å². The highest BCUT2D eigenvalue weighted by molar-refractivity contribution is 5.49. The average molecular weight is 331 g/mol. The summed E-state index contributed by atoms with van der Waals surface area (Å²) < 4.78 is 38.4. The summed E-state index contributed by atoms with van der Waals surface area (Å²) in [5, 5.41) is 9.68. The summed E-state index contributed by atoms with van der Waals surface area (Å²) in [6.07, 6.45) is -2.11. The van der Waals surface area contributed by atoms with Gasteiger partial charge in [-0.1, -0.05) is 30.3 Å². The van der Waals surface area contributed by atoms with Crippen molar-refractivity contribution < 1.29 is 13.2 Å². The third-order valence-electron chi connectivity index (χ3n) is 4.56. The molecule has 3 nitrogen and oxygen atoms in total. The van der Waals surface area contributed by atoms with Crippen molar-refractivity contribution in [2.45, 2.75) is 24.4 Å². The molecule has 3 rings (SSSR count). The lowest BCUT2D eigenvalue weighted by atomic mass is 9.74. The molecule has 6 heteroatoms. The van der Waals surface area contributed by atoms with E-state index in [0.29, 0.717) is 31.6 Å². The molecule has 0 N–H and O–H groups in total. The van der Waals surface area contributed by atoms with Gasteiger partial charge in [-0.15, -0.1) is 0 Å². The fourth-order valence-electron chi connectivity index (χ4n) is 3.14. The zero-order valence-corrected chi connectivity index (χ0v) is 12.9. The number of hydrogen-bond donors (Lipinski definition) is 0. The van der Waals surface area contributed by atoms with E-state index in [2.05, 4.69) is 11.1 Å². The minimum Gasteiger partial charge on any atom is -0.371 e. The smallest absolute Gasteiger partial charge is 0.371 e. The molecule has 0 amide bonds. The van der Waals surface area contributed by atoms with Gasteiger partial charge in [-0.2, -0.15) is 18.4 Å². The van der Waals surface area contributed by atoms with Crippen LogP contribution in [-0.2, 0) is 11.6 Å². The number of benzene rings is 1. The quantitative estimate of drug-likeness (QED) is 0.829. The van der Waals surface area contributed by atoms with Crippen molar-refractivity contribution in [1.82, 2.24) is 4.98 Å². The van der Waals surface area contributed by atoms with Gasteiger partial charge in [-0.05, 0) is 30.5 Å². The van der Waals surface area contributed by atoms with E-state index in [0.717, 1.165) is 11.6 Å². The second-order valence-electron chi connectivity index (χ2n) is 5.94. The second kappa shape index (κ2) is 6.16. The standard InChI is InChI=1S/C18H16F3N3/c19-18(20,21)16-12-15(6-9-23-16)24-10-7-17(13-22,8-11-24)14-4-2-1-3-5-14/h1-6,9,12H,7-8,10-11H2. The Morgan fingerprint density at radius 2 is 1.75 bits per heavy atom. The van der Waals surface area contributed by atoms with Crippen LogP contribution in [0.5, 0.6) is 0 Å². The third-order valence-corrected chi connectivity index (χ3v) is 4.56.